The van der Waals surface area contributed by atoms with Crippen molar-refractivity contribution in [1.29, 1.82) is 5.26 Å². The van der Waals surface area contributed by atoms with Crippen LogP contribution in [0.25, 0.3) is 10.1 Å². The van der Waals surface area contributed by atoms with Crippen LogP contribution in [0.4, 0.5) is 4.39 Å². The van der Waals surface area contributed by atoms with Gasteiger partial charge < -0.3 is 10.1 Å². The minimum absolute atomic E-state index is 0.0976. The second kappa shape index (κ2) is 6.97. The third-order valence-corrected chi connectivity index (χ3v) is 4.90. The first kappa shape index (κ1) is 17.9. The van der Waals surface area contributed by atoms with Crippen LogP contribution in [0.3, 0.4) is 0 Å². The Hall–Kier alpha value is -2.46. The van der Waals surface area contributed by atoms with E-state index in [2.05, 4.69) is 5.32 Å². The predicted octanol–water partition coefficient (Wildman–Crippen LogP) is 3.25. The van der Waals surface area contributed by atoms with E-state index in [9.17, 15) is 14.0 Å². The lowest BCUT2D eigenvalue weighted by Crippen LogP contribution is -2.50. The second-order valence-corrected chi connectivity index (χ2v) is 6.97. The molecule has 0 aliphatic carbocycles. The number of rotatable bonds is 5. The summed E-state index contributed by atoms with van der Waals surface area (Å²) >= 11 is 1.16. The molecule has 0 radical (unpaired) electrons. The second-order valence-electron chi connectivity index (χ2n) is 5.89. The highest BCUT2D eigenvalue weighted by Crippen LogP contribution is 2.26. The fraction of sp³-hybridized carbons (Fsp3) is 0.353. The molecule has 1 heterocycles. The summed E-state index contributed by atoms with van der Waals surface area (Å²) in [7, 11) is 0. The number of fused-ring (bicyclic) bond motifs is 1. The van der Waals surface area contributed by atoms with Crippen molar-refractivity contribution >= 4 is 33.3 Å². The molecule has 0 bridgehead atoms. The van der Waals surface area contributed by atoms with Crippen LogP contribution in [0.1, 0.15) is 30.4 Å². The number of hydrogen-bond donors (Lipinski definition) is 1. The van der Waals surface area contributed by atoms with Gasteiger partial charge in [-0.25, -0.2) is 9.18 Å². The van der Waals surface area contributed by atoms with Crippen LogP contribution >= 0.6 is 11.3 Å². The molecule has 24 heavy (non-hydrogen) atoms. The normalized spacial score (nSPS) is 13.3. The maximum atomic E-state index is 13.2. The zero-order valence-corrected chi connectivity index (χ0v) is 14.4. The van der Waals surface area contributed by atoms with Crippen molar-refractivity contribution in [3.8, 4) is 6.07 Å². The topological polar surface area (TPSA) is 79.2 Å². The van der Waals surface area contributed by atoms with Gasteiger partial charge in [0.25, 0.3) is 5.91 Å². The molecule has 126 valence electrons. The van der Waals surface area contributed by atoms with E-state index >= 15 is 0 Å². The minimum Gasteiger partial charge on any atom is -0.451 e. The molecular weight excluding hydrogens is 331 g/mol. The van der Waals surface area contributed by atoms with Gasteiger partial charge in [-0.2, -0.15) is 5.26 Å². The number of benzene rings is 1. The highest BCUT2D eigenvalue weighted by atomic mass is 32.1. The van der Waals surface area contributed by atoms with E-state index in [0.717, 1.165) is 16.0 Å². The maximum absolute atomic E-state index is 13.2. The summed E-state index contributed by atoms with van der Waals surface area (Å²) in [4.78, 5) is 24.2. The van der Waals surface area contributed by atoms with E-state index in [1.165, 1.54) is 18.2 Å². The highest BCUT2D eigenvalue weighted by molar-refractivity contribution is 7.20. The Morgan fingerprint density at radius 3 is 2.75 bits per heavy atom. The molecule has 0 saturated heterocycles. The largest absolute Gasteiger partial charge is 0.451 e. The van der Waals surface area contributed by atoms with Crippen molar-refractivity contribution in [3.05, 3.63) is 35.0 Å². The van der Waals surface area contributed by atoms with Gasteiger partial charge in [-0.05, 0) is 42.5 Å². The average molecular weight is 348 g/mol. The predicted molar refractivity (Wildman–Crippen MR) is 89.1 cm³/mol. The lowest BCUT2D eigenvalue weighted by molar-refractivity contribution is -0.125. The molecule has 0 saturated carbocycles. The zero-order valence-electron chi connectivity index (χ0n) is 13.6. The summed E-state index contributed by atoms with van der Waals surface area (Å²) in [6.07, 6.45) is 0. The van der Waals surface area contributed by atoms with Gasteiger partial charge in [-0.15, -0.1) is 11.3 Å². The molecule has 5 nitrogen and oxygen atoms in total. The van der Waals surface area contributed by atoms with E-state index in [-0.39, 0.29) is 16.6 Å². The first-order valence-corrected chi connectivity index (χ1v) is 8.15. The summed E-state index contributed by atoms with van der Waals surface area (Å²) in [6, 6.07) is 7.80. The number of hydrogen-bond acceptors (Lipinski definition) is 5. The molecule has 2 rings (SSSR count). The van der Waals surface area contributed by atoms with E-state index in [0.29, 0.717) is 5.39 Å². The van der Waals surface area contributed by atoms with Gasteiger partial charge in [-0.1, -0.05) is 13.8 Å². The minimum atomic E-state index is -1.03. The van der Waals surface area contributed by atoms with Crippen LogP contribution in [-0.2, 0) is 9.53 Å². The zero-order chi connectivity index (χ0) is 17.9. The summed E-state index contributed by atoms with van der Waals surface area (Å²) in [6.45, 7) is 4.75. The van der Waals surface area contributed by atoms with Gasteiger partial charge in [0.05, 0.1) is 6.07 Å². The van der Waals surface area contributed by atoms with Crippen molar-refractivity contribution in [3.63, 3.8) is 0 Å². The maximum Gasteiger partial charge on any atom is 0.348 e. The molecule has 0 aliphatic rings. The van der Waals surface area contributed by atoms with Gasteiger partial charge in [0, 0.05) is 4.70 Å². The Kier molecular flexibility index (Phi) is 5.20. The standard InChI is InChI=1S/C17H17FN2O3S/c1-10(2)17(3,9-19)20-15(21)8-23-16(22)14-7-11-6-12(18)4-5-13(11)24-14/h4-7,10H,8H2,1-3H3,(H,20,21)/t17-/m0/s1. The third kappa shape index (κ3) is 3.89. The number of esters is 1. The Bertz CT molecular complexity index is 825. The number of carbonyl (C=O) groups is 2. The lowest BCUT2D eigenvalue weighted by Gasteiger charge is -2.27. The smallest absolute Gasteiger partial charge is 0.348 e. The highest BCUT2D eigenvalue weighted by Gasteiger charge is 2.30. The van der Waals surface area contributed by atoms with Crippen LogP contribution in [0.15, 0.2) is 24.3 Å². The Labute approximate surface area is 143 Å². The fourth-order valence-corrected chi connectivity index (χ4v) is 2.88. The van der Waals surface area contributed by atoms with Crippen molar-refractivity contribution in [2.45, 2.75) is 26.3 Å². The number of halogens is 1. The van der Waals surface area contributed by atoms with Gasteiger partial charge in [0.15, 0.2) is 6.61 Å². The van der Waals surface area contributed by atoms with Crippen LogP contribution in [0.5, 0.6) is 0 Å². The van der Waals surface area contributed by atoms with Gasteiger partial charge in [-0.3, -0.25) is 4.79 Å². The molecule has 0 spiro atoms. The molecule has 1 N–H and O–H groups in total. The Balaban J connectivity index is 1.99. The van der Waals surface area contributed by atoms with Crippen molar-refractivity contribution in [1.82, 2.24) is 5.32 Å². The monoisotopic (exact) mass is 348 g/mol. The van der Waals surface area contributed by atoms with Gasteiger partial charge in [0.1, 0.15) is 16.2 Å². The summed E-state index contributed by atoms with van der Waals surface area (Å²) in [5, 5.41) is 12.3. The first-order valence-electron chi connectivity index (χ1n) is 7.33. The third-order valence-electron chi connectivity index (χ3n) is 3.80. The number of carbonyl (C=O) groups excluding carboxylic acids is 2. The van der Waals surface area contributed by atoms with E-state index < -0.39 is 24.0 Å². The number of ether oxygens (including phenoxy) is 1. The number of thiophene rings is 1. The van der Waals surface area contributed by atoms with Crippen LogP contribution < -0.4 is 5.32 Å². The number of amides is 1. The van der Waals surface area contributed by atoms with Crippen molar-refractivity contribution in [2.75, 3.05) is 6.61 Å². The SMILES string of the molecule is CC(C)[C@](C)(C#N)NC(=O)COC(=O)c1cc2cc(F)ccc2s1. The molecule has 7 heteroatoms. The van der Waals surface area contributed by atoms with Crippen LogP contribution in [0.2, 0.25) is 0 Å². The number of nitriles is 1. The quantitative estimate of drug-likeness (QED) is 0.841. The molecule has 0 fully saturated rings. The fourth-order valence-electron chi connectivity index (χ4n) is 1.94. The Morgan fingerprint density at radius 2 is 2.12 bits per heavy atom. The van der Waals surface area contributed by atoms with Crippen molar-refractivity contribution < 1.29 is 18.7 Å². The van der Waals surface area contributed by atoms with Gasteiger partial charge >= 0.3 is 5.97 Å². The summed E-state index contributed by atoms with van der Waals surface area (Å²) in [5.74, 6) is -1.69. The van der Waals surface area contributed by atoms with Crippen molar-refractivity contribution in [2.24, 2.45) is 5.92 Å². The summed E-state index contributed by atoms with van der Waals surface area (Å²) < 4.78 is 18.9. The molecular formula is C17H17FN2O3S. The summed E-state index contributed by atoms with van der Waals surface area (Å²) in [5.41, 5.74) is -1.03. The van der Waals surface area contributed by atoms with Crippen LogP contribution in [-0.4, -0.2) is 24.0 Å². The molecule has 1 aromatic carbocycles. The molecule has 0 unspecified atom stereocenters. The molecule has 0 aliphatic heterocycles. The average Bonchev–Trinajstić information content (AvgIpc) is 2.95. The van der Waals surface area contributed by atoms with Crippen LogP contribution in [0, 0.1) is 23.1 Å². The number of nitrogens with zero attached hydrogens (tertiary/aromatic N) is 1. The molecule has 1 atom stereocenters. The molecule has 2 aromatic rings. The lowest BCUT2D eigenvalue weighted by atomic mass is 9.90. The van der Waals surface area contributed by atoms with E-state index in [1.807, 2.05) is 19.9 Å². The molecule has 1 aromatic heterocycles. The van der Waals surface area contributed by atoms with E-state index in [1.54, 1.807) is 13.0 Å². The van der Waals surface area contributed by atoms with Gasteiger partial charge in [0.2, 0.25) is 0 Å². The number of nitrogens with one attached hydrogen (secondary N) is 1. The molecule has 1 amide bonds. The van der Waals surface area contributed by atoms with E-state index in [4.69, 9.17) is 10.00 Å². The Morgan fingerprint density at radius 1 is 1.42 bits per heavy atom. The first-order chi connectivity index (χ1) is 11.2.